The molecule has 4 fully saturated rings. The van der Waals surface area contributed by atoms with E-state index in [9.17, 15) is 4.79 Å². The summed E-state index contributed by atoms with van der Waals surface area (Å²) in [6, 6.07) is 10.6. The maximum Gasteiger partial charge on any atom is 0.158 e. The molecule has 4 bridgehead atoms. The number of ketones is 1. The van der Waals surface area contributed by atoms with Crippen molar-refractivity contribution in [2.75, 3.05) is 0 Å². The minimum atomic E-state index is -0.471. The molecule has 2 atom stereocenters. The molecule has 1 aromatic carbocycles. The van der Waals surface area contributed by atoms with Crippen molar-refractivity contribution in [1.29, 1.82) is 0 Å². The summed E-state index contributed by atoms with van der Waals surface area (Å²) < 4.78 is 0. The van der Waals surface area contributed by atoms with Crippen LogP contribution in [0.3, 0.4) is 0 Å². The van der Waals surface area contributed by atoms with Gasteiger partial charge in [0.15, 0.2) is 5.78 Å². The van der Waals surface area contributed by atoms with Gasteiger partial charge in [-0.3, -0.25) is 4.79 Å². The molecule has 0 saturated heterocycles. The molecule has 4 saturated carbocycles. The van der Waals surface area contributed by atoms with E-state index in [1.165, 1.54) is 12.0 Å². The van der Waals surface area contributed by atoms with E-state index in [2.05, 4.69) is 24.3 Å². The van der Waals surface area contributed by atoms with Crippen LogP contribution in [0, 0.1) is 17.3 Å². The Labute approximate surface area is 120 Å². The Morgan fingerprint density at radius 2 is 1.70 bits per heavy atom. The zero-order valence-electron chi connectivity index (χ0n) is 12.0. The van der Waals surface area contributed by atoms with E-state index in [0.29, 0.717) is 17.6 Å². The second kappa shape index (κ2) is 4.17. The fourth-order valence-electron chi connectivity index (χ4n) is 5.50. The minimum absolute atomic E-state index is 0.0886. The number of benzene rings is 1. The van der Waals surface area contributed by atoms with Crippen molar-refractivity contribution in [3.63, 3.8) is 0 Å². The average molecular weight is 269 g/mol. The predicted molar refractivity (Wildman–Crippen MR) is 79.2 cm³/mol. The van der Waals surface area contributed by atoms with Crippen LogP contribution >= 0.6 is 0 Å². The Kier molecular flexibility index (Phi) is 2.62. The number of aryl methyl sites for hydroxylation is 1. The summed E-state index contributed by atoms with van der Waals surface area (Å²) in [5.74, 6) is 1.81. The molecule has 4 aliphatic rings. The number of nitrogens with two attached hydrogens (primary N) is 1. The van der Waals surface area contributed by atoms with Crippen LogP contribution in [0.15, 0.2) is 30.3 Å². The van der Waals surface area contributed by atoms with Gasteiger partial charge in [0.2, 0.25) is 0 Å². The summed E-state index contributed by atoms with van der Waals surface area (Å²) in [4.78, 5) is 12.9. The Balaban J connectivity index is 1.58. The quantitative estimate of drug-likeness (QED) is 0.916. The Hall–Kier alpha value is -1.15. The van der Waals surface area contributed by atoms with E-state index in [1.54, 1.807) is 0 Å². The van der Waals surface area contributed by atoms with E-state index in [4.69, 9.17) is 5.73 Å². The van der Waals surface area contributed by atoms with Crippen LogP contribution < -0.4 is 5.73 Å². The third kappa shape index (κ3) is 1.77. The number of hydrogen-bond donors (Lipinski definition) is 1. The van der Waals surface area contributed by atoms with Gasteiger partial charge in [-0.25, -0.2) is 0 Å². The summed E-state index contributed by atoms with van der Waals surface area (Å²) >= 11 is 0. The predicted octanol–water partition coefficient (Wildman–Crippen LogP) is 3.10. The molecule has 1 aromatic rings. The van der Waals surface area contributed by atoms with Crippen LogP contribution in [0.2, 0.25) is 0 Å². The molecule has 4 aliphatic carbocycles. The van der Waals surface area contributed by atoms with E-state index in [0.717, 1.165) is 38.5 Å². The van der Waals surface area contributed by atoms with Gasteiger partial charge in [0.05, 0.1) is 5.54 Å². The highest BCUT2D eigenvalue weighted by molar-refractivity contribution is 5.95. The lowest BCUT2D eigenvalue weighted by molar-refractivity contribution is -0.156. The number of Topliss-reactive ketones (excluding diaryl/α,β-unsaturated/α-hetero) is 1. The van der Waals surface area contributed by atoms with Gasteiger partial charge in [-0.2, -0.15) is 0 Å². The normalized spacial score (nSPS) is 42.1. The second-order valence-corrected chi connectivity index (χ2v) is 7.54. The molecule has 0 spiro atoms. The monoisotopic (exact) mass is 269 g/mol. The van der Waals surface area contributed by atoms with Gasteiger partial charge in [-0.05, 0) is 62.3 Å². The fraction of sp³-hybridized carbons (Fsp3) is 0.611. The van der Waals surface area contributed by atoms with Crippen LogP contribution in [-0.4, -0.2) is 11.3 Å². The number of carbonyl (C=O) groups is 1. The first-order valence-corrected chi connectivity index (χ1v) is 7.97. The van der Waals surface area contributed by atoms with E-state index >= 15 is 0 Å². The van der Waals surface area contributed by atoms with Crippen molar-refractivity contribution in [3.05, 3.63) is 35.9 Å². The Morgan fingerprint density at radius 3 is 2.35 bits per heavy atom. The summed E-state index contributed by atoms with van der Waals surface area (Å²) in [6.45, 7) is 0. The number of rotatable bonds is 3. The molecule has 106 valence electrons. The summed E-state index contributed by atoms with van der Waals surface area (Å²) in [6.07, 6.45) is 7.45. The molecule has 20 heavy (non-hydrogen) atoms. The molecule has 2 N–H and O–H groups in total. The van der Waals surface area contributed by atoms with Crippen LogP contribution in [0.4, 0.5) is 0 Å². The summed E-state index contributed by atoms with van der Waals surface area (Å²) in [5, 5.41) is 0. The standard InChI is InChI=1S/C18H23NO/c19-18-11-14-8-15(12-18)10-17(9-14,16(18)20)7-6-13-4-2-1-3-5-13/h1-5,14-15H,6-12,19H2. The van der Waals surface area contributed by atoms with Gasteiger partial charge in [-0.1, -0.05) is 30.3 Å². The fourth-order valence-corrected chi connectivity index (χ4v) is 5.50. The first kappa shape index (κ1) is 12.6. The van der Waals surface area contributed by atoms with Crippen molar-refractivity contribution in [2.45, 2.75) is 50.5 Å². The maximum atomic E-state index is 12.9. The van der Waals surface area contributed by atoms with Crippen LogP contribution in [0.1, 0.15) is 44.1 Å². The Bertz CT molecular complexity index is 522. The maximum absolute atomic E-state index is 12.9. The van der Waals surface area contributed by atoms with Crippen LogP contribution in [0.25, 0.3) is 0 Å². The van der Waals surface area contributed by atoms with Gasteiger partial charge in [0.1, 0.15) is 0 Å². The summed E-state index contributed by atoms with van der Waals surface area (Å²) in [7, 11) is 0. The smallest absolute Gasteiger partial charge is 0.158 e. The molecular formula is C18H23NO. The zero-order valence-corrected chi connectivity index (χ0v) is 12.0. The largest absolute Gasteiger partial charge is 0.319 e. The van der Waals surface area contributed by atoms with Crippen molar-refractivity contribution in [2.24, 2.45) is 23.0 Å². The molecule has 5 rings (SSSR count). The van der Waals surface area contributed by atoms with Gasteiger partial charge in [0.25, 0.3) is 0 Å². The lowest BCUT2D eigenvalue weighted by atomic mass is 9.45. The van der Waals surface area contributed by atoms with E-state index < -0.39 is 5.54 Å². The zero-order chi connectivity index (χ0) is 13.8. The third-order valence-corrected chi connectivity index (χ3v) is 6.00. The van der Waals surface area contributed by atoms with Crippen molar-refractivity contribution in [1.82, 2.24) is 0 Å². The first-order valence-electron chi connectivity index (χ1n) is 7.97. The minimum Gasteiger partial charge on any atom is -0.319 e. The van der Waals surface area contributed by atoms with Crippen LogP contribution in [0.5, 0.6) is 0 Å². The van der Waals surface area contributed by atoms with Crippen molar-refractivity contribution < 1.29 is 4.79 Å². The van der Waals surface area contributed by atoms with Crippen molar-refractivity contribution in [3.8, 4) is 0 Å². The van der Waals surface area contributed by atoms with Gasteiger partial charge in [-0.15, -0.1) is 0 Å². The lowest BCUT2D eigenvalue weighted by Gasteiger charge is -2.59. The highest BCUT2D eigenvalue weighted by atomic mass is 16.1. The van der Waals surface area contributed by atoms with E-state index in [1.807, 2.05) is 6.07 Å². The molecule has 2 unspecified atom stereocenters. The molecule has 0 aliphatic heterocycles. The van der Waals surface area contributed by atoms with E-state index in [-0.39, 0.29) is 5.41 Å². The first-order chi connectivity index (χ1) is 9.60. The van der Waals surface area contributed by atoms with Gasteiger partial charge < -0.3 is 5.73 Å². The number of carbonyl (C=O) groups excluding carboxylic acids is 1. The van der Waals surface area contributed by atoms with Crippen LogP contribution in [-0.2, 0) is 11.2 Å². The molecule has 0 radical (unpaired) electrons. The third-order valence-electron chi connectivity index (χ3n) is 6.00. The van der Waals surface area contributed by atoms with Gasteiger partial charge in [0, 0.05) is 5.41 Å². The average Bonchev–Trinajstić information content (AvgIpc) is 2.43. The molecule has 2 nitrogen and oxygen atoms in total. The summed E-state index contributed by atoms with van der Waals surface area (Å²) in [5.41, 5.74) is 7.26. The molecule has 0 heterocycles. The lowest BCUT2D eigenvalue weighted by Crippen LogP contribution is -2.67. The molecule has 2 heteroatoms. The molecule has 0 amide bonds. The highest BCUT2D eigenvalue weighted by Gasteiger charge is 2.61. The van der Waals surface area contributed by atoms with Gasteiger partial charge >= 0.3 is 0 Å². The number of hydrogen-bond acceptors (Lipinski definition) is 2. The molecular weight excluding hydrogens is 246 g/mol. The molecule has 0 aromatic heterocycles. The SMILES string of the molecule is NC12CC3CC(C1)CC(CCc1ccccc1)(C3)C2=O. The van der Waals surface area contributed by atoms with Crippen molar-refractivity contribution >= 4 is 5.78 Å². The Morgan fingerprint density at radius 1 is 1.05 bits per heavy atom. The second-order valence-electron chi connectivity index (χ2n) is 7.54. The topological polar surface area (TPSA) is 43.1 Å². The highest BCUT2D eigenvalue weighted by Crippen LogP contribution is 2.60.